The first-order chi connectivity index (χ1) is 10.1. The molecule has 0 amide bonds. The summed E-state index contributed by atoms with van der Waals surface area (Å²) in [6.45, 7) is 2.19. The number of benzene rings is 2. The lowest BCUT2D eigenvalue weighted by molar-refractivity contribution is 0.224. The van der Waals surface area contributed by atoms with Crippen LogP contribution in [0.15, 0.2) is 42.5 Å². The average Bonchev–Trinajstić information content (AvgIpc) is 2.49. The number of methoxy groups -OCH3 is 1. The Kier molecular flexibility index (Phi) is 5.66. The molecule has 0 saturated carbocycles. The van der Waals surface area contributed by atoms with Crippen LogP contribution in [0.1, 0.15) is 16.7 Å². The molecule has 1 N–H and O–H groups in total. The van der Waals surface area contributed by atoms with Crippen molar-refractivity contribution >= 4 is 11.6 Å². The second-order valence-electron chi connectivity index (χ2n) is 5.36. The van der Waals surface area contributed by atoms with Crippen LogP contribution in [-0.4, -0.2) is 18.8 Å². The van der Waals surface area contributed by atoms with Gasteiger partial charge in [-0.1, -0.05) is 47.5 Å². The second-order valence-corrected chi connectivity index (χ2v) is 5.77. The third kappa shape index (κ3) is 4.23. The minimum Gasteiger partial charge on any atom is -0.496 e. The zero-order valence-electron chi connectivity index (χ0n) is 12.5. The van der Waals surface area contributed by atoms with Crippen molar-refractivity contribution in [2.75, 3.05) is 13.7 Å². The Balaban J connectivity index is 2.16. The lowest BCUT2D eigenvalue weighted by Gasteiger charge is -2.17. The highest BCUT2D eigenvalue weighted by atomic mass is 35.5. The van der Waals surface area contributed by atoms with Crippen LogP contribution < -0.4 is 4.74 Å². The van der Waals surface area contributed by atoms with Crippen molar-refractivity contribution in [1.29, 1.82) is 0 Å². The molecule has 0 aliphatic heterocycles. The number of halogens is 1. The monoisotopic (exact) mass is 304 g/mol. The van der Waals surface area contributed by atoms with Gasteiger partial charge in [-0.25, -0.2) is 0 Å². The minimum atomic E-state index is 0.126. The van der Waals surface area contributed by atoms with Gasteiger partial charge in [0.05, 0.1) is 7.11 Å². The molecule has 1 atom stereocenters. The van der Waals surface area contributed by atoms with Crippen molar-refractivity contribution in [1.82, 2.24) is 0 Å². The number of aryl methyl sites for hydroxylation is 1. The molecule has 112 valence electrons. The first kappa shape index (κ1) is 15.9. The van der Waals surface area contributed by atoms with Gasteiger partial charge in [0.15, 0.2) is 0 Å². The van der Waals surface area contributed by atoms with Crippen molar-refractivity contribution in [3.63, 3.8) is 0 Å². The average molecular weight is 305 g/mol. The summed E-state index contributed by atoms with van der Waals surface area (Å²) in [5, 5.41) is 10.4. The van der Waals surface area contributed by atoms with Gasteiger partial charge in [0, 0.05) is 11.6 Å². The fraction of sp³-hybridized carbons (Fsp3) is 0.333. The van der Waals surface area contributed by atoms with Crippen LogP contribution in [-0.2, 0) is 12.8 Å². The fourth-order valence-electron chi connectivity index (χ4n) is 2.55. The predicted octanol–water partition coefficient (Wildman–Crippen LogP) is 4.05. The molecule has 0 spiro atoms. The molecular weight excluding hydrogens is 284 g/mol. The third-order valence-electron chi connectivity index (χ3n) is 3.67. The van der Waals surface area contributed by atoms with Gasteiger partial charge in [0.25, 0.3) is 0 Å². The quantitative estimate of drug-likeness (QED) is 0.872. The molecule has 0 saturated heterocycles. The second kappa shape index (κ2) is 7.48. The summed E-state index contributed by atoms with van der Waals surface area (Å²) in [6.07, 6.45) is 1.53. The van der Waals surface area contributed by atoms with E-state index in [-0.39, 0.29) is 12.5 Å². The Morgan fingerprint density at radius 1 is 1.10 bits per heavy atom. The predicted molar refractivity (Wildman–Crippen MR) is 87.2 cm³/mol. The Bertz CT molecular complexity index is 596. The van der Waals surface area contributed by atoms with E-state index >= 15 is 0 Å². The summed E-state index contributed by atoms with van der Waals surface area (Å²) in [4.78, 5) is 0. The van der Waals surface area contributed by atoms with Gasteiger partial charge in [0.1, 0.15) is 5.75 Å². The fourth-order valence-corrected chi connectivity index (χ4v) is 2.77. The zero-order chi connectivity index (χ0) is 15.2. The van der Waals surface area contributed by atoms with Gasteiger partial charge in [-0.3, -0.25) is 0 Å². The van der Waals surface area contributed by atoms with Gasteiger partial charge >= 0.3 is 0 Å². The molecule has 0 heterocycles. The number of hydrogen-bond acceptors (Lipinski definition) is 2. The SMILES string of the molecule is COc1ccc(C)cc1CC(CO)Cc1ccccc1Cl. The van der Waals surface area contributed by atoms with Crippen LogP contribution in [0, 0.1) is 12.8 Å². The number of aliphatic hydroxyl groups excluding tert-OH is 1. The molecule has 1 unspecified atom stereocenters. The molecule has 2 aromatic rings. The number of ether oxygens (including phenoxy) is 1. The highest BCUT2D eigenvalue weighted by molar-refractivity contribution is 6.31. The Morgan fingerprint density at radius 3 is 2.48 bits per heavy atom. The van der Waals surface area contributed by atoms with Crippen molar-refractivity contribution in [3.8, 4) is 5.75 Å². The van der Waals surface area contributed by atoms with E-state index in [0.717, 1.165) is 34.7 Å². The van der Waals surface area contributed by atoms with Crippen LogP contribution in [0.4, 0.5) is 0 Å². The Hall–Kier alpha value is -1.51. The molecule has 0 aliphatic rings. The van der Waals surface area contributed by atoms with Crippen molar-refractivity contribution < 1.29 is 9.84 Å². The van der Waals surface area contributed by atoms with Crippen LogP contribution in [0.25, 0.3) is 0 Å². The van der Waals surface area contributed by atoms with E-state index in [9.17, 15) is 5.11 Å². The zero-order valence-corrected chi connectivity index (χ0v) is 13.2. The standard InChI is InChI=1S/C18H21ClO2/c1-13-7-8-18(21-2)16(9-13)11-14(12-20)10-15-5-3-4-6-17(15)19/h3-9,14,20H,10-12H2,1-2H3. The van der Waals surface area contributed by atoms with E-state index in [4.69, 9.17) is 16.3 Å². The lowest BCUT2D eigenvalue weighted by Crippen LogP contribution is -2.14. The van der Waals surface area contributed by atoms with Gasteiger partial charge in [0.2, 0.25) is 0 Å². The van der Waals surface area contributed by atoms with E-state index in [1.165, 1.54) is 5.56 Å². The van der Waals surface area contributed by atoms with E-state index in [1.54, 1.807) is 7.11 Å². The van der Waals surface area contributed by atoms with Crippen LogP contribution in [0.5, 0.6) is 5.75 Å². The maximum atomic E-state index is 9.69. The van der Waals surface area contributed by atoms with Crippen molar-refractivity contribution in [2.45, 2.75) is 19.8 Å². The largest absolute Gasteiger partial charge is 0.496 e. The summed E-state index contributed by atoms with van der Waals surface area (Å²) in [5.41, 5.74) is 3.40. The summed E-state index contributed by atoms with van der Waals surface area (Å²) in [7, 11) is 1.68. The molecule has 2 nitrogen and oxygen atoms in total. The van der Waals surface area contributed by atoms with Crippen LogP contribution in [0.3, 0.4) is 0 Å². The minimum absolute atomic E-state index is 0.126. The molecule has 0 radical (unpaired) electrons. The Morgan fingerprint density at radius 2 is 1.81 bits per heavy atom. The maximum Gasteiger partial charge on any atom is 0.122 e. The van der Waals surface area contributed by atoms with Crippen LogP contribution >= 0.6 is 11.6 Å². The first-order valence-corrected chi connectivity index (χ1v) is 7.49. The van der Waals surface area contributed by atoms with E-state index in [2.05, 4.69) is 13.0 Å². The Labute approximate surface area is 131 Å². The highest BCUT2D eigenvalue weighted by Crippen LogP contribution is 2.26. The third-order valence-corrected chi connectivity index (χ3v) is 4.04. The molecule has 0 fully saturated rings. The maximum absolute atomic E-state index is 9.69. The molecule has 2 rings (SSSR count). The summed E-state index contributed by atoms with van der Waals surface area (Å²) < 4.78 is 5.41. The number of aliphatic hydroxyl groups is 1. The topological polar surface area (TPSA) is 29.5 Å². The lowest BCUT2D eigenvalue weighted by atomic mass is 9.92. The first-order valence-electron chi connectivity index (χ1n) is 7.11. The number of rotatable bonds is 6. The van der Waals surface area contributed by atoms with Crippen molar-refractivity contribution in [3.05, 3.63) is 64.2 Å². The molecule has 2 aromatic carbocycles. The highest BCUT2D eigenvalue weighted by Gasteiger charge is 2.14. The molecule has 21 heavy (non-hydrogen) atoms. The molecule has 0 bridgehead atoms. The number of hydrogen-bond donors (Lipinski definition) is 1. The molecular formula is C18H21ClO2. The van der Waals surface area contributed by atoms with E-state index in [0.29, 0.717) is 0 Å². The van der Waals surface area contributed by atoms with Gasteiger partial charge in [-0.2, -0.15) is 0 Å². The van der Waals surface area contributed by atoms with Crippen LogP contribution in [0.2, 0.25) is 5.02 Å². The normalized spacial score (nSPS) is 12.2. The summed E-state index contributed by atoms with van der Waals surface area (Å²) in [6, 6.07) is 13.9. The van der Waals surface area contributed by atoms with E-state index in [1.807, 2.05) is 36.4 Å². The molecule has 0 aliphatic carbocycles. The van der Waals surface area contributed by atoms with E-state index < -0.39 is 0 Å². The van der Waals surface area contributed by atoms with Gasteiger partial charge in [-0.05, 0) is 48.9 Å². The molecule has 3 heteroatoms. The summed E-state index contributed by atoms with van der Waals surface area (Å²) >= 11 is 6.21. The smallest absolute Gasteiger partial charge is 0.122 e. The van der Waals surface area contributed by atoms with Gasteiger partial charge < -0.3 is 9.84 Å². The molecule has 0 aromatic heterocycles. The van der Waals surface area contributed by atoms with Crippen molar-refractivity contribution in [2.24, 2.45) is 5.92 Å². The summed E-state index contributed by atoms with van der Waals surface area (Å²) in [5.74, 6) is 0.999. The van der Waals surface area contributed by atoms with Gasteiger partial charge in [-0.15, -0.1) is 0 Å².